The lowest BCUT2D eigenvalue weighted by Crippen LogP contribution is -2.25. The van der Waals surface area contributed by atoms with Crippen LogP contribution >= 0.6 is 0 Å². The lowest BCUT2D eigenvalue weighted by atomic mass is 10.1. The van der Waals surface area contributed by atoms with E-state index in [2.05, 4.69) is 20.8 Å². The van der Waals surface area contributed by atoms with Gasteiger partial charge in [0.1, 0.15) is 17.8 Å². The highest BCUT2D eigenvalue weighted by molar-refractivity contribution is 5.86. The summed E-state index contributed by atoms with van der Waals surface area (Å²) in [5.41, 5.74) is 6.04. The zero-order valence-corrected chi connectivity index (χ0v) is 14.1. The van der Waals surface area contributed by atoms with Crippen molar-refractivity contribution in [3.05, 3.63) is 54.1 Å². The summed E-state index contributed by atoms with van der Waals surface area (Å²) in [6.45, 7) is 1.94. The Bertz CT molecular complexity index is 899. The Morgan fingerprint density at radius 1 is 1.20 bits per heavy atom. The molecule has 0 atom stereocenters. The molecule has 0 saturated heterocycles. The molecule has 2 aromatic carbocycles. The Labute approximate surface area is 145 Å². The molecule has 0 saturated carbocycles. The van der Waals surface area contributed by atoms with Crippen molar-refractivity contribution in [1.29, 1.82) is 0 Å². The molecule has 7 nitrogen and oxygen atoms in total. The summed E-state index contributed by atoms with van der Waals surface area (Å²) in [7, 11) is 1.63. The van der Waals surface area contributed by atoms with E-state index in [1.54, 1.807) is 11.8 Å². The number of carbonyl (C=O) groups excluding carboxylic acids is 1. The Kier molecular flexibility index (Phi) is 5.03. The second kappa shape index (κ2) is 7.57. The second-order valence-electron chi connectivity index (χ2n) is 5.64. The van der Waals surface area contributed by atoms with Gasteiger partial charge in [-0.1, -0.05) is 29.5 Å². The number of hydrazone groups is 1. The van der Waals surface area contributed by atoms with Gasteiger partial charge in [0.15, 0.2) is 0 Å². The van der Waals surface area contributed by atoms with Gasteiger partial charge < -0.3 is 4.74 Å². The first kappa shape index (κ1) is 16.6. The van der Waals surface area contributed by atoms with Crippen LogP contribution in [-0.4, -0.2) is 33.7 Å². The highest BCUT2D eigenvalue weighted by atomic mass is 16.5. The van der Waals surface area contributed by atoms with Crippen LogP contribution in [0.15, 0.2) is 53.6 Å². The molecule has 0 unspecified atom stereocenters. The number of amides is 1. The van der Waals surface area contributed by atoms with Crippen LogP contribution < -0.4 is 10.2 Å². The summed E-state index contributed by atoms with van der Waals surface area (Å²) in [4.78, 5) is 12.1. The molecule has 1 aromatic heterocycles. The number of para-hydroxylation sites is 1. The average Bonchev–Trinajstić information content (AvgIpc) is 3.04. The molecule has 0 spiro atoms. The molecule has 7 heteroatoms. The quantitative estimate of drug-likeness (QED) is 0.552. The van der Waals surface area contributed by atoms with Crippen LogP contribution in [0.25, 0.3) is 11.0 Å². The Balaban J connectivity index is 1.57. The number of nitrogens with one attached hydrogen (secondary N) is 1. The van der Waals surface area contributed by atoms with Crippen LogP contribution in [0, 0.1) is 0 Å². The van der Waals surface area contributed by atoms with E-state index in [0.717, 1.165) is 28.1 Å². The van der Waals surface area contributed by atoms with E-state index in [9.17, 15) is 4.79 Å². The summed E-state index contributed by atoms with van der Waals surface area (Å²) >= 11 is 0. The molecule has 1 heterocycles. The van der Waals surface area contributed by atoms with E-state index in [4.69, 9.17) is 4.74 Å². The van der Waals surface area contributed by atoms with Crippen LogP contribution in [0.2, 0.25) is 0 Å². The first-order valence-electron chi connectivity index (χ1n) is 7.89. The van der Waals surface area contributed by atoms with E-state index in [0.29, 0.717) is 6.42 Å². The zero-order chi connectivity index (χ0) is 17.6. The number of ether oxygens (including phenoxy) is 1. The predicted molar refractivity (Wildman–Crippen MR) is 95.5 cm³/mol. The van der Waals surface area contributed by atoms with Crippen molar-refractivity contribution in [3.8, 4) is 5.75 Å². The van der Waals surface area contributed by atoms with Crippen molar-refractivity contribution in [2.75, 3.05) is 7.11 Å². The van der Waals surface area contributed by atoms with Gasteiger partial charge in [-0.05, 0) is 36.8 Å². The summed E-state index contributed by atoms with van der Waals surface area (Å²) in [6.07, 6.45) is 0.649. The molecule has 3 aromatic rings. The molecule has 0 aliphatic rings. The largest absolute Gasteiger partial charge is 0.497 e. The van der Waals surface area contributed by atoms with Crippen molar-refractivity contribution in [2.24, 2.45) is 5.10 Å². The third-order valence-electron chi connectivity index (χ3n) is 3.70. The van der Waals surface area contributed by atoms with Gasteiger partial charge in [-0.2, -0.15) is 5.10 Å². The summed E-state index contributed by atoms with van der Waals surface area (Å²) < 4.78 is 6.69. The summed E-state index contributed by atoms with van der Waals surface area (Å²) in [5.74, 6) is 0.566. The van der Waals surface area contributed by atoms with E-state index < -0.39 is 0 Å². The molecule has 3 rings (SSSR count). The van der Waals surface area contributed by atoms with Crippen molar-refractivity contribution in [2.45, 2.75) is 19.9 Å². The number of carbonyl (C=O) groups is 1. The van der Waals surface area contributed by atoms with Crippen LogP contribution in [0.4, 0.5) is 0 Å². The first-order chi connectivity index (χ1) is 12.2. The number of aromatic nitrogens is 3. The normalized spacial score (nSPS) is 11.5. The maximum Gasteiger partial charge on any atom is 0.261 e. The van der Waals surface area contributed by atoms with Crippen LogP contribution in [0.1, 0.15) is 12.5 Å². The lowest BCUT2D eigenvalue weighted by Gasteiger charge is -2.05. The molecule has 1 N–H and O–H groups in total. The topological polar surface area (TPSA) is 81.4 Å². The SMILES string of the molecule is COc1ccc(C/C(C)=N\NC(=O)Cn2nnc3ccccc32)cc1. The average molecular weight is 337 g/mol. The Morgan fingerprint density at radius 2 is 1.96 bits per heavy atom. The number of hydrogen-bond donors (Lipinski definition) is 1. The number of benzene rings is 2. The number of methoxy groups -OCH3 is 1. The van der Waals surface area contributed by atoms with Gasteiger partial charge in [0, 0.05) is 12.1 Å². The minimum absolute atomic E-state index is 0.0693. The minimum atomic E-state index is -0.246. The molecule has 0 aliphatic heterocycles. The molecular formula is C18H19N5O2. The van der Waals surface area contributed by atoms with Crippen molar-refractivity contribution in [3.63, 3.8) is 0 Å². The Morgan fingerprint density at radius 3 is 2.72 bits per heavy atom. The lowest BCUT2D eigenvalue weighted by molar-refractivity contribution is -0.121. The molecule has 25 heavy (non-hydrogen) atoms. The maximum absolute atomic E-state index is 12.1. The molecule has 0 fully saturated rings. The smallest absolute Gasteiger partial charge is 0.261 e. The van der Waals surface area contributed by atoms with Gasteiger partial charge in [0.25, 0.3) is 5.91 Å². The van der Waals surface area contributed by atoms with Crippen molar-refractivity contribution < 1.29 is 9.53 Å². The van der Waals surface area contributed by atoms with E-state index >= 15 is 0 Å². The fraction of sp³-hybridized carbons (Fsp3) is 0.222. The van der Waals surface area contributed by atoms with Crippen LogP contribution in [-0.2, 0) is 17.8 Å². The van der Waals surface area contributed by atoms with Gasteiger partial charge in [0.05, 0.1) is 12.6 Å². The fourth-order valence-corrected chi connectivity index (χ4v) is 2.44. The number of rotatable bonds is 6. The van der Waals surface area contributed by atoms with E-state index in [1.165, 1.54) is 0 Å². The maximum atomic E-state index is 12.1. The van der Waals surface area contributed by atoms with Crippen molar-refractivity contribution in [1.82, 2.24) is 20.4 Å². The Hall–Kier alpha value is -3.22. The summed E-state index contributed by atoms with van der Waals surface area (Å²) in [5, 5.41) is 12.2. The molecule has 0 bridgehead atoms. The molecule has 0 aliphatic carbocycles. The third-order valence-corrected chi connectivity index (χ3v) is 3.70. The van der Waals surface area contributed by atoms with Crippen LogP contribution in [0.3, 0.4) is 0 Å². The number of nitrogens with zero attached hydrogens (tertiary/aromatic N) is 4. The highest BCUT2D eigenvalue weighted by Gasteiger charge is 2.08. The number of fused-ring (bicyclic) bond motifs is 1. The first-order valence-corrected chi connectivity index (χ1v) is 7.89. The van der Waals surface area contributed by atoms with Gasteiger partial charge in [-0.15, -0.1) is 5.10 Å². The fourth-order valence-electron chi connectivity index (χ4n) is 2.44. The molecule has 0 radical (unpaired) electrons. The number of hydrogen-bond acceptors (Lipinski definition) is 5. The predicted octanol–water partition coefficient (Wildman–Crippen LogP) is 2.17. The van der Waals surface area contributed by atoms with Gasteiger partial charge in [0.2, 0.25) is 0 Å². The standard InChI is InChI=1S/C18H19N5O2/c1-13(11-14-7-9-15(25-2)10-8-14)19-21-18(24)12-23-17-6-4-3-5-16(17)20-22-23/h3-10H,11-12H2,1-2H3,(H,21,24)/b19-13-. The van der Waals surface area contributed by atoms with Gasteiger partial charge >= 0.3 is 0 Å². The zero-order valence-electron chi connectivity index (χ0n) is 14.1. The highest BCUT2D eigenvalue weighted by Crippen LogP contribution is 2.12. The monoisotopic (exact) mass is 337 g/mol. The van der Waals surface area contributed by atoms with E-state index in [-0.39, 0.29) is 12.5 Å². The molecule has 128 valence electrons. The minimum Gasteiger partial charge on any atom is -0.497 e. The van der Waals surface area contributed by atoms with Gasteiger partial charge in [-0.25, -0.2) is 10.1 Å². The second-order valence-corrected chi connectivity index (χ2v) is 5.64. The third kappa shape index (κ3) is 4.20. The summed E-state index contributed by atoms with van der Waals surface area (Å²) in [6, 6.07) is 15.2. The van der Waals surface area contributed by atoms with E-state index in [1.807, 2.05) is 55.5 Å². The van der Waals surface area contributed by atoms with Gasteiger partial charge in [-0.3, -0.25) is 4.79 Å². The van der Waals surface area contributed by atoms with Crippen LogP contribution in [0.5, 0.6) is 5.75 Å². The molecule has 1 amide bonds. The van der Waals surface area contributed by atoms with Crippen molar-refractivity contribution >= 4 is 22.7 Å². The molecular weight excluding hydrogens is 318 g/mol.